The molecule has 2 aromatic carbocycles. The number of benzene rings is 2. The minimum absolute atomic E-state index is 0.0171. The number of piperidine rings is 1. The first-order chi connectivity index (χ1) is 24.3. The Morgan fingerprint density at radius 1 is 0.880 bits per heavy atom. The van der Waals surface area contributed by atoms with Gasteiger partial charge in [-0.25, -0.2) is 9.97 Å². The zero-order chi connectivity index (χ0) is 34.8. The number of carbonyl (C=O) groups is 2. The molecule has 3 N–H and O–H groups in total. The number of fused-ring (bicyclic) bond motifs is 1. The van der Waals surface area contributed by atoms with Crippen molar-refractivity contribution in [2.75, 3.05) is 33.9 Å². The van der Waals surface area contributed by atoms with Crippen LogP contribution < -0.4 is 25.4 Å². The number of aromatic nitrogens is 4. The molecule has 3 fully saturated rings. The average Bonchev–Trinajstić information content (AvgIpc) is 3.74. The number of nitrogens with zero attached hydrogens (tertiary/aromatic N) is 5. The van der Waals surface area contributed by atoms with Crippen molar-refractivity contribution in [2.24, 2.45) is 5.92 Å². The molecule has 0 bridgehead atoms. The zero-order valence-electron chi connectivity index (χ0n) is 27.8. The molecule has 12 nitrogen and oxygen atoms in total. The van der Waals surface area contributed by atoms with Gasteiger partial charge < -0.3 is 25.4 Å². The highest BCUT2D eigenvalue weighted by atomic mass is 35.5. The Labute approximate surface area is 300 Å². The molecular formula is C36H38Cl2N8O4. The lowest BCUT2D eigenvalue weighted by Gasteiger charge is -2.35. The van der Waals surface area contributed by atoms with Crippen LogP contribution in [0.4, 0.5) is 0 Å². The topological polar surface area (TPSA) is 143 Å². The number of hydrogen-bond acceptors (Lipinski definition) is 10. The number of carbonyl (C=O) groups excluding carboxylic acids is 2. The number of nitrogens with one attached hydrogen (secondary N) is 3. The van der Waals surface area contributed by atoms with Crippen LogP contribution in [0.15, 0.2) is 48.8 Å². The van der Waals surface area contributed by atoms with E-state index < -0.39 is 0 Å². The van der Waals surface area contributed by atoms with Gasteiger partial charge in [0.25, 0.3) is 0 Å². The summed E-state index contributed by atoms with van der Waals surface area (Å²) in [5, 5.41) is 10.2. The molecule has 0 saturated carbocycles. The van der Waals surface area contributed by atoms with Crippen molar-refractivity contribution in [3.05, 3.63) is 70.2 Å². The molecule has 3 saturated heterocycles. The summed E-state index contributed by atoms with van der Waals surface area (Å²) in [6, 6.07) is 11.6. The molecule has 7 rings (SSSR count). The fourth-order valence-electron chi connectivity index (χ4n) is 7.11. The maximum absolute atomic E-state index is 12.3. The number of halogens is 2. The lowest BCUT2D eigenvalue weighted by atomic mass is 9.91. The van der Waals surface area contributed by atoms with Gasteiger partial charge in [0.1, 0.15) is 11.4 Å². The smallest absolute Gasteiger partial charge is 0.237 e. The first-order valence-corrected chi connectivity index (χ1v) is 17.5. The third-order valence-corrected chi connectivity index (χ3v) is 10.5. The van der Waals surface area contributed by atoms with Gasteiger partial charge >= 0.3 is 0 Å². The molecule has 14 heteroatoms. The SMILES string of the molecule is COc1nc(-c2cccc(-c3cccc(-c4cnc(CN5CCC[C@@H]6C(=O)NC[C@@H]65)c(OC)n4)c3Cl)c2Cl)cnc1CNC[C@@H]1CCC(=O)N1. The van der Waals surface area contributed by atoms with Crippen LogP contribution in [0.1, 0.15) is 37.1 Å². The van der Waals surface area contributed by atoms with E-state index in [1.165, 1.54) is 0 Å². The standard InChI is InChI=1S/C36H38Cl2N8O4/c1-49-35-28(15-39-14-20-11-12-31(47)43-20)40-16-26(44-35)23-8-3-6-21(32(23)37)22-7-4-9-24(33(22)38)27-17-41-29(36(45-27)50-2)19-46-13-5-10-25-30(46)18-42-34(25)48/h3-4,6-9,16-17,20,25,30,39H,5,10-15,18-19H2,1-2H3,(H,42,48)(H,43,47)/t20-,25-,30-/m0/s1. The maximum atomic E-state index is 12.3. The molecule has 2 aromatic heterocycles. The maximum Gasteiger partial charge on any atom is 0.237 e. The number of amides is 2. The number of likely N-dealkylation sites (tertiary alicyclic amines) is 1. The summed E-state index contributed by atoms with van der Waals surface area (Å²) in [5.74, 6) is 1.04. The normalized spacial score (nSPS) is 20.4. The summed E-state index contributed by atoms with van der Waals surface area (Å²) in [4.78, 5) is 45.0. The Morgan fingerprint density at radius 2 is 1.50 bits per heavy atom. The predicted molar refractivity (Wildman–Crippen MR) is 190 cm³/mol. The fourth-order valence-corrected chi connectivity index (χ4v) is 7.76. The predicted octanol–water partition coefficient (Wildman–Crippen LogP) is 4.67. The molecule has 0 unspecified atom stereocenters. The quantitative estimate of drug-likeness (QED) is 0.200. The van der Waals surface area contributed by atoms with Crippen LogP contribution in [-0.4, -0.2) is 82.6 Å². The van der Waals surface area contributed by atoms with Crippen LogP contribution in [0.5, 0.6) is 11.8 Å². The Morgan fingerprint density at radius 3 is 2.12 bits per heavy atom. The van der Waals surface area contributed by atoms with E-state index in [2.05, 4.69) is 25.8 Å². The Balaban J connectivity index is 1.12. The molecule has 2 amide bonds. The molecule has 50 heavy (non-hydrogen) atoms. The van der Waals surface area contributed by atoms with E-state index in [1.54, 1.807) is 26.6 Å². The van der Waals surface area contributed by atoms with Gasteiger partial charge in [-0.05, 0) is 25.8 Å². The van der Waals surface area contributed by atoms with Gasteiger partial charge in [0, 0.05) is 66.9 Å². The van der Waals surface area contributed by atoms with Crippen LogP contribution >= 0.6 is 23.2 Å². The summed E-state index contributed by atoms with van der Waals surface area (Å²) >= 11 is 14.2. The van der Waals surface area contributed by atoms with Crippen LogP contribution in [0.3, 0.4) is 0 Å². The van der Waals surface area contributed by atoms with E-state index >= 15 is 0 Å². The van der Waals surface area contributed by atoms with Crippen molar-refractivity contribution in [3.63, 3.8) is 0 Å². The molecule has 3 aliphatic rings. The van der Waals surface area contributed by atoms with Crippen molar-refractivity contribution in [3.8, 4) is 45.4 Å². The van der Waals surface area contributed by atoms with E-state index in [1.807, 2.05) is 36.4 Å². The number of rotatable bonds is 11. The second-order valence-corrected chi connectivity index (χ2v) is 13.5. The van der Waals surface area contributed by atoms with Gasteiger partial charge in [-0.2, -0.15) is 0 Å². The van der Waals surface area contributed by atoms with Crippen molar-refractivity contribution in [1.82, 2.24) is 40.8 Å². The molecule has 4 aromatic rings. The summed E-state index contributed by atoms with van der Waals surface area (Å²) in [5.41, 5.74) is 5.27. The zero-order valence-corrected chi connectivity index (χ0v) is 29.4. The van der Waals surface area contributed by atoms with Gasteiger partial charge in [-0.3, -0.25) is 24.5 Å². The summed E-state index contributed by atoms with van der Waals surface area (Å²) in [7, 11) is 3.14. The van der Waals surface area contributed by atoms with Gasteiger partial charge in [-0.15, -0.1) is 0 Å². The third kappa shape index (κ3) is 6.85. The molecule has 0 radical (unpaired) electrons. The molecule has 3 atom stereocenters. The van der Waals surface area contributed by atoms with Crippen molar-refractivity contribution in [1.29, 1.82) is 0 Å². The van der Waals surface area contributed by atoms with Crippen molar-refractivity contribution >= 4 is 35.0 Å². The Kier molecular flexibility index (Phi) is 10.1. The van der Waals surface area contributed by atoms with Gasteiger partial charge in [0.05, 0.1) is 54.0 Å². The average molecular weight is 718 g/mol. The molecule has 260 valence electrons. The van der Waals surface area contributed by atoms with E-state index in [9.17, 15) is 9.59 Å². The first-order valence-electron chi connectivity index (χ1n) is 16.7. The molecule has 5 heterocycles. The van der Waals surface area contributed by atoms with Crippen molar-refractivity contribution < 1.29 is 19.1 Å². The van der Waals surface area contributed by atoms with E-state index in [4.69, 9.17) is 47.6 Å². The summed E-state index contributed by atoms with van der Waals surface area (Å²) in [6.07, 6.45) is 6.62. The van der Waals surface area contributed by atoms with Crippen LogP contribution in [0.25, 0.3) is 33.6 Å². The van der Waals surface area contributed by atoms with Gasteiger partial charge in [-0.1, -0.05) is 59.6 Å². The third-order valence-electron chi connectivity index (χ3n) is 9.69. The Bertz CT molecular complexity index is 1930. The monoisotopic (exact) mass is 716 g/mol. The second kappa shape index (κ2) is 14.9. The molecular weight excluding hydrogens is 679 g/mol. The molecule has 3 aliphatic heterocycles. The van der Waals surface area contributed by atoms with Crippen LogP contribution in [0.2, 0.25) is 10.0 Å². The number of hydrogen-bond donors (Lipinski definition) is 3. The van der Waals surface area contributed by atoms with E-state index in [-0.39, 0.29) is 29.8 Å². The highest BCUT2D eigenvalue weighted by Gasteiger charge is 2.41. The van der Waals surface area contributed by atoms with Crippen molar-refractivity contribution in [2.45, 2.75) is 50.9 Å². The highest BCUT2D eigenvalue weighted by molar-refractivity contribution is 6.39. The van der Waals surface area contributed by atoms with Crippen LogP contribution in [-0.2, 0) is 22.7 Å². The highest BCUT2D eigenvalue weighted by Crippen LogP contribution is 2.42. The Hall–Kier alpha value is -4.36. The second-order valence-electron chi connectivity index (χ2n) is 12.7. The molecule has 0 spiro atoms. The largest absolute Gasteiger partial charge is 0.480 e. The van der Waals surface area contributed by atoms with E-state index in [0.29, 0.717) is 88.3 Å². The van der Waals surface area contributed by atoms with Crippen LogP contribution in [0, 0.1) is 5.92 Å². The molecule has 0 aliphatic carbocycles. The minimum atomic E-state index is 0.0171. The van der Waals surface area contributed by atoms with Gasteiger partial charge in [0.15, 0.2) is 0 Å². The number of methoxy groups -OCH3 is 2. The number of ether oxygens (including phenoxy) is 2. The fraction of sp³-hybridized carbons (Fsp3) is 0.389. The van der Waals surface area contributed by atoms with E-state index in [0.717, 1.165) is 36.9 Å². The summed E-state index contributed by atoms with van der Waals surface area (Å²) < 4.78 is 11.3. The lowest BCUT2D eigenvalue weighted by molar-refractivity contribution is -0.124. The first kappa shape index (κ1) is 34.1. The van der Waals surface area contributed by atoms with Gasteiger partial charge in [0.2, 0.25) is 23.6 Å². The minimum Gasteiger partial charge on any atom is -0.480 e. The summed E-state index contributed by atoms with van der Waals surface area (Å²) in [6.45, 7) is 3.14. The lowest BCUT2D eigenvalue weighted by Crippen LogP contribution is -2.45.